The molecular formula is C9H14O2. The van der Waals surface area contributed by atoms with E-state index >= 15 is 0 Å². The second kappa shape index (κ2) is 4.06. The largest absolute Gasteiger partial charge is 0.299 e. The van der Waals surface area contributed by atoms with E-state index in [1.165, 1.54) is 13.8 Å². The molecule has 0 aliphatic carbocycles. The molecule has 0 rings (SSSR count). The summed E-state index contributed by atoms with van der Waals surface area (Å²) in [5.74, 6) is -0.702. The fourth-order valence-electron chi connectivity index (χ4n) is 1.16. The van der Waals surface area contributed by atoms with Crippen molar-refractivity contribution >= 4 is 11.6 Å². The Labute approximate surface area is 67.3 Å². The summed E-state index contributed by atoms with van der Waals surface area (Å²) in [5.41, 5.74) is 0. The number of rotatable bonds is 4. The normalized spacial score (nSPS) is 12.7. The minimum absolute atomic E-state index is 0.0509. The van der Waals surface area contributed by atoms with Gasteiger partial charge in [-0.05, 0) is 19.8 Å². The average molecular weight is 154 g/mol. The van der Waals surface area contributed by atoms with E-state index in [-0.39, 0.29) is 17.5 Å². The van der Waals surface area contributed by atoms with Crippen LogP contribution in [0, 0.1) is 11.8 Å². The first-order chi connectivity index (χ1) is 5.00. The Morgan fingerprint density at radius 2 is 1.64 bits per heavy atom. The lowest BCUT2D eigenvalue weighted by atomic mass is 9.88. The average Bonchev–Trinajstić information content (AvgIpc) is 1.85. The van der Waals surface area contributed by atoms with Crippen molar-refractivity contribution in [3.63, 3.8) is 0 Å². The Bertz CT molecular complexity index is 168. The maximum absolute atomic E-state index is 10.9. The van der Waals surface area contributed by atoms with E-state index < -0.39 is 5.92 Å². The second-order valence-corrected chi connectivity index (χ2v) is 2.79. The number of ketones is 2. The summed E-state index contributed by atoms with van der Waals surface area (Å²) in [4.78, 5) is 21.8. The highest BCUT2D eigenvalue weighted by Gasteiger charge is 2.23. The van der Waals surface area contributed by atoms with Crippen molar-refractivity contribution in [2.24, 2.45) is 11.8 Å². The third-order valence-corrected chi connectivity index (χ3v) is 1.77. The molecule has 2 nitrogen and oxygen atoms in total. The predicted molar refractivity (Wildman–Crippen MR) is 44.2 cm³/mol. The molecule has 0 aromatic heterocycles. The van der Waals surface area contributed by atoms with Gasteiger partial charge in [-0.3, -0.25) is 9.59 Å². The van der Waals surface area contributed by atoms with Crippen LogP contribution in [0.3, 0.4) is 0 Å². The number of carbonyl (C=O) groups excluding carboxylic acids is 2. The molecule has 0 amide bonds. The summed E-state index contributed by atoms with van der Waals surface area (Å²) in [6.07, 6.45) is 1.63. The lowest BCUT2D eigenvalue weighted by Crippen LogP contribution is -2.25. The molecule has 0 spiro atoms. The smallest absolute Gasteiger partial charge is 0.140 e. The van der Waals surface area contributed by atoms with Gasteiger partial charge in [-0.25, -0.2) is 0 Å². The Balaban J connectivity index is 4.46. The van der Waals surface area contributed by atoms with Gasteiger partial charge in [-0.1, -0.05) is 13.0 Å². The molecule has 1 atom stereocenters. The Hall–Kier alpha value is -0.920. The predicted octanol–water partition coefficient (Wildman–Crippen LogP) is 1.60. The van der Waals surface area contributed by atoms with Crippen LogP contribution >= 0.6 is 0 Å². The van der Waals surface area contributed by atoms with Crippen molar-refractivity contribution in [1.82, 2.24) is 0 Å². The van der Waals surface area contributed by atoms with Crippen molar-refractivity contribution < 1.29 is 9.59 Å². The Morgan fingerprint density at radius 1 is 1.27 bits per heavy atom. The van der Waals surface area contributed by atoms with Gasteiger partial charge >= 0.3 is 0 Å². The molecular weight excluding hydrogens is 140 g/mol. The Kier molecular flexibility index (Phi) is 3.72. The van der Waals surface area contributed by atoms with Gasteiger partial charge < -0.3 is 0 Å². The summed E-state index contributed by atoms with van der Waals surface area (Å²) >= 11 is 0. The lowest BCUT2D eigenvalue weighted by molar-refractivity contribution is -0.131. The molecule has 0 fully saturated rings. The minimum Gasteiger partial charge on any atom is -0.299 e. The van der Waals surface area contributed by atoms with E-state index in [1.807, 2.05) is 6.92 Å². The van der Waals surface area contributed by atoms with Crippen LogP contribution in [0.1, 0.15) is 20.8 Å². The molecule has 0 bridgehead atoms. The zero-order chi connectivity index (χ0) is 9.02. The molecule has 0 aliphatic heterocycles. The molecule has 0 aromatic carbocycles. The summed E-state index contributed by atoms with van der Waals surface area (Å²) in [5, 5.41) is 0. The molecule has 62 valence electrons. The summed E-state index contributed by atoms with van der Waals surface area (Å²) < 4.78 is 0. The standard InChI is InChI=1S/C9H14O2/c1-5-6(2)9(7(3)10)8(4)11/h5-6,9H,1H2,2-4H3. The maximum atomic E-state index is 10.9. The molecule has 0 saturated heterocycles. The van der Waals surface area contributed by atoms with Crippen LogP contribution in [0.15, 0.2) is 12.7 Å². The van der Waals surface area contributed by atoms with Crippen molar-refractivity contribution in [2.75, 3.05) is 0 Å². The quantitative estimate of drug-likeness (QED) is 0.455. The van der Waals surface area contributed by atoms with Crippen molar-refractivity contribution in [2.45, 2.75) is 20.8 Å². The molecule has 0 heterocycles. The zero-order valence-corrected chi connectivity index (χ0v) is 7.26. The van der Waals surface area contributed by atoms with Crippen LogP contribution in [0.2, 0.25) is 0 Å². The van der Waals surface area contributed by atoms with Gasteiger partial charge in [0.1, 0.15) is 11.6 Å². The molecule has 0 aromatic rings. The van der Waals surface area contributed by atoms with Crippen LogP contribution in [-0.2, 0) is 9.59 Å². The van der Waals surface area contributed by atoms with E-state index in [9.17, 15) is 9.59 Å². The van der Waals surface area contributed by atoms with E-state index in [4.69, 9.17) is 0 Å². The highest BCUT2D eigenvalue weighted by atomic mass is 16.1. The van der Waals surface area contributed by atoms with Gasteiger partial charge in [0.2, 0.25) is 0 Å². The van der Waals surface area contributed by atoms with Crippen LogP contribution in [0.4, 0.5) is 0 Å². The number of hydrogen-bond acceptors (Lipinski definition) is 2. The van der Waals surface area contributed by atoms with Gasteiger partial charge in [0.15, 0.2) is 0 Å². The van der Waals surface area contributed by atoms with Gasteiger partial charge in [0, 0.05) is 0 Å². The molecule has 0 radical (unpaired) electrons. The SMILES string of the molecule is C=CC(C)C(C(C)=O)C(C)=O. The fraction of sp³-hybridized carbons (Fsp3) is 0.556. The molecule has 0 N–H and O–H groups in total. The number of Topliss-reactive ketones (excluding diaryl/α,β-unsaturated/α-hetero) is 2. The summed E-state index contributed by atoms with van der Waals surface area (Å²) in [7, 11) is 0. The van der Waals surface area contributed by atoms with E-state index in [0.29, 0.717) is 0 Å². The highest BCUT2D eigenvalue weighted by molar-refractivity contribution is 6.00. The lowest BCUT2D eigenvalue weighted by Gasteiger charge is -2.14. The fourth-order valence-corrected chi connectivity index (χ4v) is 1.16. The van der Waals surface area contributed by atoms with E-state index in [0.717, 1.165) is 0 Å². The van der Waals surface area contributed by atoms with Gasteiger partial charge in [-0.2, -0.15) is 0 Å². The van der Waals surface area contributed by atoms with Crippen LogP contribution < -0.4 is 0 Å². The molecule has 2 heteroatoms. The minimum atomic E-state index is -0.493. The van der Waals surface area contributed by atoms with Crippen molar-refractivity contribution in [3.05, 3.63) is 12.7 Å². The van der Waals surface area contributed by atoms with Gasteiger partial charge in [-0.15, -0.1) is 6.58 Å². The number of allylic oxidation sites excluding steroid dienone is 1. The molecule has 0 aliphatic rings. The Morgan fingerprint density at radius 3 is 1.73 bits per heavy atom. The summed E-state index contributed by atoms with van der Waals surface area (Å²) in [6.45, 7) is 8.23. The number of carbonyl (C=O) groups is 2. The molecule has 0 saturated carbocycles. The van der Waals surface area contributed by atoms with E-state index in [1.54, 1.807) is 6.08 Å². The topological polar surface area (TPSA) is 34.1 Å². The maximum Gasteiger partial charge on any atom is 0.140 e. The first kappa shape index (κ1) is 10.1. The molecule has 11 heavy (non-hydrogen) atoms. The van der Waals surface area contributed by atoms with Crippen LogP contribution in [-0.4, -0.2) is 11.6 Å². The summed E-state index contributed by atoms with van der Waals surface area (Å²) in [6, 6.07) is 0. The zero-order valence-electron chi connectivity index (χ0n) is 7.26. The first-order valence-electron chi connectivity index (χ1n) is 3.64. The molecule has 1 unspecified atom stereocenters. The van der Waals surface area contributed by atoms with Crippen LogP contribution in [0.5, 0.6) is 0 Å². The van der Waals surface area contributed by atoms with Crippen molar-refractivity contribution in [1.29, 1.82) is 0 Å². The third kappa shape index (κ3) is 2.66. The van der Waals surface area contributed by atoms with Gasteiger partial charge in [0.05, 0.1) is 5.92 Å². The van der Waals surface area contributed by atoms with Crippen LogP contribution in [0.25, 0.3) is 0 Å². The van der Waals surface area contributed by atoms with Crippen molar-refractivity contribution in [3.8, 4) is 0 Å². The third-order valence-electron chi connectivity index (χ3n) is 1.77. The first-order valence-corrected chi connectivity index (χ1v) is 3.64. The monoisotopic (exact) mass is 154 g/mol. The second-order valence-electron chi connectivity index (χ2n) is 2.79. The highest BCUT2D eigenvalue weighted by Crippen LogP contribution is 2.14. The number of hydrogen-bond donors (Lipinski definition) is 0. The van der Waals surface area contributed by atoms with Gasteiger partial charge in [0.25, 0.3) is 0 Å². The van der Waals surface area contributed by atoms with E-state index in [2.05, 4.69) is 6.58 Å².